The summed E-state index contributed by atoms with van der Waals surface area (Å²) in [7, 11) is 0. The van der Waals surface area contributed by atoms with E-state index in [1.165, 1.54) is 0 Å². The maximum absolute atomic E-state index is 12.8. The van der Waals surface area contributed by atoms with Crippen LogP contribution in [0.4, 0.5) is 5.69 Å². The van der Waals surface area contributed by atoms with E-state index in [4.69, 9.17) is 20.4 Å². The molecule has 2 aliphatic rings. The fourth-order valence-electron chi connectivity index (χ4n) is 3.46. The number of fused-ring (bicyclic) bond motifs is 1. The smallest absolute Gasteiger partial charge is 0.262 e. The van der Waals surface area contributed by atoms with Crippen molar-refractivity contribution >= 4 is 28.4 Å². The summed E-state index contributed by atoms with van der Waals surface area (Å²) in [5.41, 5.74) is -1.20. The van der Waals surface area contributed by atoms with Crippen LogP contribution in [0.25, 0.3) is 16.8 Å². The maximum Gasteiger partial charge on any atom is 0.262 e. The first-order valence-corrected chi connectivity index (χ1v) is 10.2. The van der Waals surface area contributed by atoms with E-state index in [0.29, 0.717) is 13.0 Å². The summed E-state index contributed by atoms with van der Waals surface area (Å²) < 4.78 is 79.7. The second kappa shape index (κ2) is 9.09. The summed E-state index contributed by atoms with van der Waals surface area (Å²) in [5.74, 6) is -1.76. The number of nitrogens with one attached hydrogen (secondary N) is 1. The van der Waals surface area contributed by atoms with Crippen molar-refractivity contribution in [3.05, 3.63) is 47.4 Å². The molecular formula is C25H29N3O3. The molecular weight excluding hydrogens is 390 g/mol. The van der Waals surface area contributed by atoms with Crippen molar-refractivity contribution in [3.63, 3.8) is 0 Å². The molecule has 0 radical (unpaired) electrons. The van der Waals surface area contributed by atoms with E-state index in [2.05, 4.69) is 5.32 Å². The summed E-state index contributed by atoms with van der Waals surface area (Å²) in [6.45, 7) is 3.31. The van der Waals surface area contributed by atoms with Gasteiger partial charge in [-0.05, 0) is 73.6 Å². The number of hydrogen-bond acceptors (Lipinski definition) is 5. The first-order chi connectivity index (χ1) is 18.3. The summed E-state index contributed by atoms with van der Waals surface area (Å²) in [6, 6.07) is -2.14. The normalized spacial score (nSPS) is 27.5. The topological polar surface area (TPSA) is 74.6 Å². The number of nitrogens with zero attached hydrogens (tertiary/aromatic N) is 2. The molecule has 0 bridgehead atoms. The van der Waals surface area contributed by atoms with Gasteiger partial charge in [-0.2, -0.15) is 5.26 Å². The van der Waals surface area contributed by atoms with Crippen LogP contribution in [0, 0.1) is 11.3 Å². The van der Waals surface area contributed by atoms with Crippen molar-refractivity contribution in [1.29, 1.82) is 5.26 Å². The lowest BCUT2D eigenvalue weighted by Crippen LogP contribution is -2.35. The predicted octanol–water partition coefficient (Wildman–Crippen LogP) is 4.00. The molecule has 2 aromatic rings. The number of benzene rings is 2. The minimum absolute atomic E-state index is 0.00673. The highest BCUT2D eigenvalue weighted by Crippen LogP contribution is 2.26. The summed E-state index contributed by atoms with van der Waals surface area (Å²) in [5, 5.41) is 11.7. The molecule has 1 amide bonds. The zero-order valence-corrected chi connectivity index (χ0v) is 17.5. The van der Waals surface area contributed by atoms with Gasteiger partial charge in [0.1, 0.15) is 17.7 Å². The minimum atomic E-state index is -0.934. The average Bonchev–Trinajstić information content (AvgIpc) is 3.23. The zero-order valence-electron chi connectivity index (χ0n) is 25.5. The number of hydrogen-bond donors (Lipinski definition) is 1. The van der Waals surface area contributed by atoms with Crippen LogP contribution in [0.15, 0.2) is 41.8 Å². The molecule has 0 spiro atoms. The predicted molar refractivity (Wildman–Crippen MR) is 122 cm³/mol. The molecule has 2 heterocycles. The van der Waals surface area contributed by atoms with E-state index in [1.807, 2.05) is 0 Å². The first kappa shape index (κ1) is 13.5. The lowest BCUT2D eigenvalue weighted by molar-refractivity contribution is -0.139. The Morgan fingerprint density at radius 3 is 2.90 bits per heavy atom. The number of nitriles is 1. The number of carbonyl (C=O) groups excluding carboxylic acids is 1. The molecule has 2 aliphatic heterocycles. The molecule has 1 N–H and O–H groups in total. The Morgan fingerprint density at radius 2 is 2.16 bits per heavy atom. The Balaban J connectivity index is 1.81. The number of ether oxygens (including phenoxy) is 2. The van der Waals surface area contributed by atoms with Crippen LogP contribution in [-0.4, -0.2) is 44.0 Å². The average molecular weight is 428 g/mol. The summed E-state index contributed by atoms with van der Waals surface area (Å²) in [6.07, 6.45) is 1.60. The van der Waals surface area contributed by atoms with Crippen LogP contribution in [0.2, 0.25) is 0 Å². The molecule has 2 aromatic carbocycles. The molecule has 2 unspecified atom stereocenters. The number of piperidine rings is 1. The Hall–Kier alpha value is -2.88. The van der Waals surface area contributed by atoms with Crippen molar-refractivity contribution in [2.45, 2.75) is 45.0 Å². The molecule has 0 aromatic heterocycles. The van der Waals surface area contributed by atoms with Crippen LogP contribution >= 0.6 is 0 Å². The first-order valence-electron chi connectivity index (χ1n) is 14.3. The molecule has 0 aliphatic carbocycles. The molecule has 2 fully saturated rings. The van der Waals surface area contributed by atoms with Crippen molar-refractivity contribution < 1.29 is 25.2 Å². The Morgan fingerprint density at radius 1 is 1.35 bits per heavy atom. The third-order valence-electron chi connectivity index (χ3n) is 5.00. The van der Waals surface area contributed by atoms with Gasteiger partial charge < -0.3 is 19.7 Å². The Labute approximate surface area is 194 Å². The van der Waals surface area contributed by atoms with Gasteiger partial charge in [0.15, 0.2) is 5.79 Å². The van der Waals surface area contributed by atoms with Crippen molar-refractivity contribution in [2.75, 3.05) is 31.1 Å². The molecule has 0 saturated carbocycles. The Bertz CT molecular complexity index is 1420. The van der Waals surface area contributed by atoms with Gasteiger partial charge in [0.05, 0.1) is 16.2 Å². The van der Waals surface area contributed by atoms with E-state index < -0.39 is 71.7 Å². The van der Waals surface area contributed by atoms with E-state index in [1.54, 1.807) is 24.8 Å². The molecule has 4 rings (SSSR count). The highest BCUT2D eigenvalue weighted by molar-refractivity contribution is 6.02. The highest BCUT2D eigenvalue weighted by atomic mass is 16.7. The summed E-state index contributed by atoms with van der Waals surface area (Å²) in [4.78, 5) is 14.3. The van der Waals surface area contributed by atoms with E-state index >= 15 is 0 Å². The van der Waals surface area contributed by atoms with E-state index in [-0.39, 0.29) is 35.7 Å². The van der Waals surface area contributed by atoms with Gasteiger partial charge in [-0.1, -0.05) is 18.1 Å². The summed E-state index contributed by atoms with van der Waals surface area (Å²) >= 11 is 0. The SMILES string of the molecule is [2H]/C(=C(/C#N)C(=O)NCC1COC(C)(C)O1)c1c([2H])c([2H])c2c([2H])c(N3CCCCC3[2H])c([2H])c([2H])c2c1[2H]. The van der Waals surface area contributed by atoms with Gasteiger partial charge in [-0.25, -0.2) is 0 Å². The van der Waals surface area contributed by atoms with Crippen LogP contribution in [0.3, 0.4) is 0 Å². The largest absolute Gasteiger partial charge is 0.372 e. The van der Waals surface area contributed by atoms with Crippen LogP contribution in [0.1, 0.15) is 49.6 Å². The highest BCUT2D eigenvalue weighted by Gasteiger charge is 2.32. The third-order valence-corrected chi connectivity index (χ3v) is 5.00. The van der Waals surface area contributed by atoms with Crippen LogP contribution < -0.4 is 10.2 Å². The molecule has 6 nitrogen and oxygen atoms in total. The quantitative estimate of drug-likeness (QED) is 0.577. The number of carbonyl (C=O) groups is 1. The van der Waals surface area contributed by atoms with Gasteiger partial charge in [0, 0.05) is 26.7 Å². The second-order valence-corrected chi connectivity index (χ2v) is 7.87. The maximum atomic E-state index is 12.8. The van der Waals surface area contributed by atoms with E-state index in [0.717, 1.165) is 12.8 Å². The zero-order chi connectivity index (χ0) is 28.8. The van der Waals surface area contributed by atoms with Gasteiger partial charge in [0.2, 0.25) is 0 Å². The number of anilines is 1. The monoisotopic (exact) mass is 427 g/mol. The van der Waals surface area contributed by atoms with Crippen molar-refractivity contribution in [1.82, 2.24) is 5.32 Å². The van der Waals surface area contributed by atoms with Gasteiger partial charge in [-0.15, -0.1) is 0 Å². The van der Waals surface area contributed by atoms with Crippen LogP contribution in [0.5, 0.6) is 0 Å². The lowest BCUT2D eigenvalue weighted by Gasteiger charge is -2.29. The van der Waals surface area contributed by atoms with Gasteiger partial charge in [-0.3, -0.25) is 4.79 Å². The molecule has 6 heteroatoms. The van der Waals surface area contributed by atoms with Crippen molar-refractivity contribution in [3.8, 4) is 6.07 Å². The van der Waals surface area contributed by atoms with Gasteiger partial charge in [0.25, 0.3) is 5.91 Å². The number of rotatable bonds is 5. The standard InChI is InChI=1S/C25H29N3O3/c1-25(2)30-17-23(31-25)16-27-24(29)21(15-26)13-18-6-7-20-14-22(9-8-19(20)12-18)28-10-4-3-5-11-28/h6-9,12-14,23H,3-5,10-11,16-17H2,1-2H3,(H,27,29)/b21-13+/i6D,7D,8D,9D,10D,12D,13D,14D. The fourth-order valence-corrected chi connectivity index (χ4v) is 3.46. The van der Waals surface area contributed by atoms with Gasteiger partial charge >= 0.3 is 0 Å². The molecule has 2 atom stereocenters. The third kappa shape index (κ3) is 5.25. The second-order valence-electron chi connectivity index (χ2n) is 7.87. The van der Waals surface area contributed by atoms with E-state index in [9.17, 15) is 10.1 Å². The van der Waals surface area contributed by atoms with Crippen molar-refractivity contribution in [2.24, 2.45) is 0 Å². The molecule has 162 valence electrons. The fraction of sp³-hybridized carbons (Fsp3) is 0.440. The Kier molecular flexibility index (Phi) is 3.96. The van der Waals surface area contributed by atoms with Crippen LogP contribution in [-0.2, 0) is 14.3 Å². The minimum Gasteiger partial charge on any atom is -0.372 e. The lowest BCUT2D eigenvalue weighted by atomic mass is 10.0. The molecule has 31 heavy (non-hydrogen) atoms. The molecule has 2 saturated heterocycles. The number of amides is 1.